The Morgan fingerprint density at radius 3 is 2.55 bits per heavy atom. The number of rotatable bonds is 5. The van der Waals surface area contributed by atoms with Crippen LogP contribution in [-0.2, 0) is 4.79 Å². The van der Waals surface area contributed by atoms with E-state index in [1.807, 2.05) is 32.3 Å². The van der Waals surface area contributed by atoms with E-state index in [0.717, 1.165) is 32.5 Å². The van der Waals surface area contributed by atoms with Crippen molar-refractivity contribution in [2.45, 2.75) is 18.9 Å². The lowest BCUT2D eigenvalue weighted by Gasteiger charge is -2.27. The average molecular weight is 348 g/mol. The molecule has 6 heteroatoms. The van der Waals surface area contributed by atoms with Crippen molar-refractivity contribution in [1.29, 1.82) is 0 Å². The highest BCUT2D eigenvalue weighted by Crippen LogP contribution is 2.16. The third-order valence-electron chi connectivity index (χ3n) is 3.73. The molecule has 0 aromatic heterocycles. The van der Waals surface area contributed by atoms with Crippen molar-refractivity contribution >= 4 is 30.7 Å². The van der Waals surface area contributed by atoms with Crippen LogP contribution >= 0.6 is 24.8 Å². The molecule has 1 aromatic rings. The SMILES string of the molecule is CN(C)CC(NC(=O)[C@@H]1CCCNC1)c1ccccc1.Cl.Cl. The minimum Gasteiger partial charge on any atom is -0.348 e. The summed E-state index contributed by atoms with van der Waals surface area (Å²) in [4.78, 5) is 14.5. The van der Waals surface area contributed by atoms with E-state index in [1.54, 1.807) is 0 Å². The number of carbonyl (C=O) groups is 1. The standard InChI is InChI=1S/C16H25N3O.2ClH/c1-19(2)12-15(13-7-4-3-5-8-13)18-16(20)14-9-6-10-17-11-14;;/h3-5,7-8,14-15,17H,6,9-12H2,1-2H3,(H,18,20);2*1H/t14-,15?;;/m1../s1. The number of likely N-dealkylation sites (N-methyl/N-ethyl adjacent to an activating group) is 1. The number of amides is 1. The summed E-state index contributed by atoms with van der Waals surface area (Å²) in [7, 11) is 4.06. The largest absolute Gasteiger partial charge is 0.348 e. The lowest BCUT2D eigenvalue weighted by molar-refractivity contribution is -0.126. The van der Waals surface area contributed by atoms with Crippen molar-refractivity contribution in [2.24, 2.45) is 5.92 Å². The summed E-state index contributed by atoms with van der Waals surface area (Å²) in [5.74, 6) is 0.282. The first-order chi connectivity index (χ1) is 9.66. The summed E-state index contributed by atoms with van der Waals surface area (Å²) in [5, 5.41) is 6.51. The van der Waals surface area contributed by atoms with Crippen LogP contribution in [0.15, 0.2) is 30.3 Å². The zero-order chi connectivity index (χ0) is 14.4. The summed E-state index contributed by atoms with van der Waals surface area (Å²) in [6.07, 6.45) is 2.07. The van der Waals surface area contributed by atoms with Crippen molar-refractivity contribution < 1.29 is 4.79 Å². The van der Waals surface area contributed by atoms with Gasteiger partial charge in [0.2, 0.25) is 5.91 Å². The summed E-state index contributed by atoms with van der Waals surface area (Å²) in [5.41, 5.74) is 1.17. The van der Waals surface area contributed by atoms with E-state index in [1.165, 1.54) is 5.56 Å². The fourth-order valence-corrected chi connectivity index (χ4v) is 2.65. The molecule has 1 fully saturated rings. The molecule has 0 saturated carbocycles. The molecule has 2 N–H and O–H groups in total. The number of carbonyl (C=O) groups excluding carboxylic acids is 1. The maximum atomic E-state index is 12.4. The van der Waals surface area contributed by atoms with Crippen LogP contribution < -0.4 is 10.6 Å². The van der Waals surface area contributed by atoms with Crippen molar-refractivity contribution in [3.05, 3.63) is 35.9 Å². The third-order valence-corrected chi connectivity index (χ3v) is 3.73. The summed E-state index contributed by atoms with van der Waals surface area (Å²) in [6, 6.07) is 10.3. The fraction of sp³-hybridized carbons (Fsp3) is 0.562. The highest BCUT2D eigenvalue weighted by molar-refractivity contribution is 5.85. The van der Waals surface area contributed by atoms with Gasteiger partial charge in [-0.1, -0.05) is 30.3 Å². The van der Waals surface area contributed by atoms with Crippen molar-refractivity contribution in [3.63, 3.8) is 0 Å². The maximum Gasteiger partial charge on any atom is 0.224 e. The van der Waals surface area contributed by atoms with Gasteiger partial charge in [-0.3, -0.25) is 4.79 Å². The molecule has 0 radical (unpaired) electrons. The second-order valence-corrected chi connectivity index (χ2v) is 5.78. The quantitative estimate of drug-likeness (QED) is 0.858. The Hall–Kier alpha value is -0.810. The number of benzene rings is 1. The molecular weight excluding hydrogens is 321 g/mol. The van der Waals surface area contributed by atoms with E-state index in [4.69, 9.17) is 0 Å². The van der Waals surface area contributed by atoms with Gasteiger partial charge in [-0.05, 0) is 39.0 Å². The minimum absolute atomic E-state index is 0. The van der Waals surface area contributed by atoms with Crippen LogP contribution in [0.5, 0.6) is 0 Å². The predicted molar refractivity (Wildman–Crippen MR) is 96.0 cm³/mol. The van der Waals surface area contributed by atoms with E-state index in [-0.39, 0.29) is 42.7 Å². The van der Waals surface area contributed by atoms with E-state index in [2.05, 4.69) is 27.7 Å². The topological polar surface area (TPSA) is 44.4 Å². The van der Waals surface area contributed by atoms with Crippen LogP contribution in [0.4, 0.5) is 0 Å². The fourth-order valence-electron chi connectivity index (χ4n) is 2.65. The summed E-state index contributed by atoms with van der Waals surface area (Å²) < 4.78 is 0. The number of hydrogen-bond acceptors (Lipinski definition) is 3. The molecule has 22 heavy (non-hydrogen) atoms. The molecule has 1 aromatic carbocycles. The van der Waals surface area contributed by atoms with Gasteiger partial charge in [-0.25, -0.2) is 0 Å². The average Bonchev–Trinajstić information content (AvgIpc) is 2.48. The molecule has 2 rings (SSSR count). The van der Waals surface area contributed by atoms with E-state index >= 15 is 0 Å². The lowest BCUT2D eigenvalue weighted by Crippen LogP contribution is -2.43. The molecule has 1 saturated heterocycles. The summed E-state index contributed by atoms with van der Waals surface area (Å²) >= 11 is 0. The zero-order valence-electron chi connectivity index (χ0n) is 13.2. The predicted octanol–water partition coefficient (Wildman–Crippen LogP) is 2.25. The molecule has 1 aliphatic heterocycles. The van der Waals surface area contributed by atoms with Gasteiger partial charge in [0.25, 0.3) is 0 Å². The number of piperidine rings is 1. The van der Waals surface area contributed by atoms with Crippen molar-refractivity contribution in [2.75, 3.05) is 33.7 Å². The monoisotopic (exact) mass is 347 g/mol. The van der Waals surface area contributed by atoms with Gasteiger partial charge in [-0.2, -0.15) is 0 Å². The van der Waals surface area contributed by atoms with Gasteiger partial charge in [0.05, 0.1) is 12.0 Å². The Kier molecular flexibility index (Phi) is 10.4. The third kappa shape index (κ3) is 6.53. The molecule has 4 nitrogen and oxygen atoms in total. The normalized spacial score (nSPS) is 18.8. The van der Waals surface area contributed by atoms with Crippen molar-refractivity contribution in [3.8, 4) is 0 Å². The molecule has 1 aliphatic rings. The number of halogens is 2. The van der Waals surface area contributed by atoms with Crippen LogP contribution in [0.1, 0.15) is 24.4 Å². The molecule has 0 aliphatic carbocycles. The van der Waals surface area contributed by atoms with E-state index < -0.39 is 0 Å². The van der Waals surface area contributed by atoms with Gasteiger partial charge in [0.1, 0.15) is 0 Å². The number of nitrogens with one attached hydrogen (secondary N) is 2. The first-order valence-corrected chi connectivity index (χ1v) is 7.37. The van der Waals surface area contributed by atoms with Gasteiger partial charge < -0.3 is 15.5 Å². The second-order valence-electron chi connectivity index (χ2n) is 5.78. The number of nitrogens with zero attached hydrogens (tertiary/aromatic N) is 1. The first kappa shape index (κ1) is 21.2. The Morgan fingerprint density at radius 2 is 2.00 bits per heavy atom. The zero-order valence-corrected chi connectivity index (χ0v) is 14.9. The highest BCUT2D eigenvalue weighted by atomic mass is 35.5. The van der Waals surface area contributed by atoms with Crippen LogP contribution in [0.3, 0.4) is 0 Å². The van der Waals surface area contributed by atoms with Crippen LogP contribution in [0, 0.1) is 5.92 Å². The maximum absolute atomic E-state index is 12.4. The number of hydrogen-bond donors (Lipinski definition) is 2. The van der Waals surface area contributed by atoms with Gasteiger partial charge >= 0.3 is 0 Å². The molecule has 126 valence electrons. The van der Waals surface area contributed by atoms with Crippen LogP contribution in [-0.4, -0.2) is 44.5 Å². The smallest absolute Gasteiger partial charge is 0.224 e. The summed E-state index contributed by atoms with van der Waals surface area (Å²) in [6.45, 7) is 2.65. The molecule has 2 atom stereocenters. The highest BCUT2D eigenvalue weighted by Gasteiger charge is 2.24. The Labute approximate surface area is 145 Å². The van der Waals surface area contributed by atoms with Crippen LogP contribution in [0.25, 0.3) is 0 Å². The Morgan fingerprint density at radius 1 is 1.32 bits per heavy atom. The van der Waals surface area contributed by atoms with Gasteiger partial charge in [-0.15, -0.1) is 24.8 Å². The van der Waals surface area contributed by atoms with Gasteiger partial charge in [0, 0.05) is 13.1 Å². The Balaban J connectivity index is 0.00000220. The second kappa shape index (κ2) is 10.8. The Bertz CT molecular complexity index is 423. The molecule has 1 unspecified atom stereocenters. The van der Waals surface area contributed by atoms with Crippen molar-refractivity contribution in [1.82, 2.24) is 15.5 Å². The van der Waals surface area contributed by atoms with E-state index in [0.29, 0.717) is 0 Å². The molecular formula is C16H27Cl2N3O. The molecule has 0 spiro atoms. The van der Waals surface area contributed by atoms with Crippen LogP contribution in [0.2, 0.25) is 0 Å². The van der Waals surface area contributed by atoms with Gasteiger partial charge in [0.15, 0.2) is 0 Å². The molecule has 1 amide bonds. The molecule has 1 heterocycles. The first-order valence-electron chi connectivity index (χ1n) is 7.37. The molecule has 0 bridgehead atoms. The lowest BCUT2D eigenvalue weighted by atomic mass is 9.97. The minimum atomic E-state index is 0. The van der Waals surface area contributed by atoms with E-state index in [9.17, 15) is 4.79 Å².